The molecule has 0 saturated heterocycles. The van der Waals surface area contributed by atoms with E-state index in [1.165, 1.54) is 23.7 Å². The fourth-order valence-corrected chi connectivity index (χ4v) is 2.68. The number of methoxy groups -OCH3 is 1. The fourth-order valence-electron chi connectivity index (χ4n) is 2.68. The van der Waals surface area contributed by atoms with Gasteiger partial charge in [-0.1, -0.05) is 44.2 Å². The first-order chi connectivity index (χ1) is 12.2. The standard InChI is InChI=1S/C19H19NO3.C2H6/c1-14-10-16-7-3-4-9-18(16)20(14)12-15-6-5-8-17(11-15)23-13-19(21)22-2;1-2/h3-11H,12-13H2,1-2H3;1-2H3. The number of para-hydroxylation sites is 1. The molecule has 3 rings (SSSR count). The number of hydrogen-bond acceptors (Lipinski definition) is 3. The van der Waals surface area contributed by atoms with Gasteiger partial charge in [0, 0.05) is 17.8 Å². The number of aryl methyl sites for hydroxylation is 1. The van der Waals surface area contributed by atoms with Crippen LogP contribution < -0.4 is 4.74 Å². The second-order valence-electron chi connectivity index (χ2n) is 5.44. The van der Waals surface area contributed by atoms with Gasteiger partial charge in [0.2, 0.25) is 0 Å². The molecule has 0 unspecified atom stereocenters. The van der Waals surface area contributed by atoms with Gasteiger partial charge < -0.3 is 14.0 Å². The lowest BCUT2D eigenvalue weighted by molar-refractivity contribution is -0.142. The summed E-state index contributed by atoms with van der Waals surface area (Å²) >= 11 is 0. The van der Waals surface area contributed by atoms with E-state index >= 15 is 0 Å². The molecule has 0 radical (unpaired) electrons. The lowest BCUT2D eigenvalue weighted by atomic mass is 10.2. The summed E-state index contributed by atoms with van der Waals surface area (Å²) in [6.07, 6.45) is 0. The van der Waals surface area contributed by atoms with E-state index in [0.717, 1.165) is 12.1 Å². The van der Waals surface area contributed by atoms with Crippen molar-refractivity contribution >= 4 is 16.9 Å². The average Bonchev–Trinajstić information content (AvgIpc) is 2.97. The molecule has 132 valence electrons. The summed E-state index contributed by atoms with van der Waals surface area (Å²) in [6, 6.07) is 18.3. The Kier molecular flexibility index (Phi) is 6.63. The second kappa shape index (κ2) is 8.92. The van der Waals surface area contributed by atoms with Crippen LogP contribution in [-0.2, 0) is 16.1 Å². The summed E-state index contributed by atoms with van der Waals surface area (Å²) in [5.41, 5.74) is 3.55. The number of fused-ring (bicyclic) bond motifs is 1. The number of esters is 1. The molecule has 0 fully saturated rings. The van der Waals surface area contributed by atoms with E-state index in [9.17, 15) is 4.79 Å². The van der Waals surface area contributed by atoms with Gasteiger partial charge in [0.1, 0.15) is 5.75 Å². The van der Waals surface area contributed by atoms with E-state index in [4.69, 9.17) is 4.74 Å². The number of carbonyl (C=O) groups excluding carboxylic acids is 1. The quantitative estimate of drug-likeness (QED) is 0.639. The van der Waals surface area contributed by atoms with E-state index in [-0.39, 0.29) is 12.6 Å². The van der Waals surface area contributed by atoms with Crippen molar-refractivity contribution in [3.8, 4) is 5.75 Å². The minimum Gasteiger partial charge on any atom is -0.482 e. The highest BCUT2D eigenvalue weighted by Crippen LogP contribution is 2.22. The van der Waals surface area contributed by atoms with E-state index in [0.29, 0.717) is 5.75 Å². The van der Waals surface area contributed by atoms with E-state index < -0.39 is 0 Å². The Morgan fingerprint density at radius 2 is 1.80 bits per heavy atom. The number of benzene rings is 2. The van der Waals surface area contributed by atoms with Gasteiger partial charge in [-0.15, -0.1) is 0 Å². The molecule has 0 bridgehead atoms. The summed E-state index contributed by atoms with van der Waals surface area (Å²) in [6.45, 7) is 6.79. The van der Waals surface area contributed by atoms with E-state index in [2.05, 4.69) is 40.5 Å². The third kappa shape index (κ3) is 4.63. The SMILES string of the molecule is CC.COC(=O)COc1cccc(Cn2c(C)cc3ccccc32)c1. The Labute approximate surface area is 149 Å². The fraction of sp³-hybridized carbons (Fsp3) is 0.286. The van der Waals surface area contributed by atoms with Crippen LogP contribution in [0.4, 0.5) is 0 Å². The van der Waals surface area contributed by atoms with Crippen molar-refractivity contribution in [1.29, 1.82) is 0 Å². The minimum atomic E-state index is -0.386. The maximum Gasteiger partial charge on any atom is 0.343 e. The van der Waals surface area contributed by atoms with Crippen LogP contribution in [-0.4, -0.2) is 24.3 Å². The predicted octanol–water partition coefficient (Wildman–Crippen LogP) is 4.58. The van der Waals surface area contributed by atoms with Crippen molar-refractivity contribution in [2.45, 2.75) is 27.3 Å². The number of carbonyl (C=O) groups is 1. The number of aromatic nitrogens is 1. The molecule has 0 spiro atoms. The molecule has 4 nitrogen and oxygen atoms in total. The van der Waals surface area contributed by atoms with Gasteiger partial charge in [-0.3, -0.25) is 0 Å². The zero-order valence-electron chi connectivity index (χ0n) is 15.3. The molecule has 25 heavy (non-hydrogen) atoms. The van der Waals surface area contributed by atoms with Gasteiger partial charge in [0.15, 0.2) is 6.61 Å². The summed E-state index contributed by atoms with van der Waals surface area (Å²) < 4.78 is 12.3. The Hall–Kier alpha value is -2.75. The molecule has 1 aromatic heterocycles. The van der Waals surface area contributed by atoms with Crippen LogP contribution in [0.2, 0.25) is 0 Å². The maximum atomic E-state index is 11.2. The summed E-state index contributed by atoms with van der Waals surface area (Å²) in [4.78, 5) is 11.2. The van der Waals surface area contributed by atoms with Gasteiger partial charge >= 0.3 is 5.97 Å². The van der Waals surface area contributed by atoms with Gasteiger partial charge in [-0.05, 0) is 42.1 Å². The third-order valence-electron chi connectivity index (χ3n) is 3.84. The van der Waals surface area contributed by atoms with Crippen molar-refractivity contribution in [2.75, 3.05) is 13.7 Å². The average molecular weight is 339 g/mol. The van der Waals surface area contributed by atoms with Gasteiger partial charge in [-0.25, -0.2) is 4.79 Å². The highest BCUT2D eigenvalue weighted by Gasteiger charge is 2.07. The molecule has 4 heteroatoms. The maximum absolute atomic E-state index is 11.2. The molecule has 0 atom stereocenters. The Balaban J connectivity index is 0.00000109. The van der Waals surface area contributed by atoms with Crippen LogP contribution in [0.25, 0.3) is 10.9 Å². The number of hydrogen-bond donors (Lipinski definition) is 0. The highest BCUT2D eigenvalue weighted by atomic mass is 16.6. The molecular weight excluding hydrogens is 314 g/mol. The van der Waals surface area contributed by atoms with E-state index in [1.807, 2.05) is 44.2 Å². The van der Waals surface area contributed by atoms with Crippen molar-refractivity contribution in [3.63, 3.8) is 0 Å². The van der Waals surface area contributed by atoms with Crippen molar-refractivity contribution in [3.05, 3.63) is 65.9 Å². The molecule has 0 aliphatic carbocycles. The lowest BCUT2D eigenvalue weighted by Gasteiger charge is -2.10. The normalized spacial score (nSPS) is 10.1. The molecule has 0 aliphatic heterocycles. The van der Waals surface area contributed by atoms with Crippen molar-refractivity contribution < 1.29 is 14.3 Å². The molecule has 0 N–H and O–H groups in total. The summed E-state index contributed by atoms with van der Waals surface area (Å²) in [5.74, 6) is 0.282. The summed E-state index contributed by atoms with van der Waals surface area (Å²) in [5, 5.41) is 1.24. The second-order valence-corrected chi connectivity index (χ2v) is 5.44. The first-order valence-corrected chi connectivity index (χ1v) is 8.51. The van der Waals surface area contributed by atoms with Crippen molar-refractivity contribution in [2.24, 2.45) is 0 Å². The molecule has 0 amide bonds. The zero-order valence-corrected chi connectivity index (χ0v) is 15.3. The summed E-state index contributed by atoms with van der Waals surface area (Å²) in [7, 11) is 1.35. The zero-order chi connectivity index (χ0) is 18.2. The van der Waals surface area contributed by atoms with Crippen LogP contribution in [0.15, 0.2) is 54.6 Å². The smallest absolute Gasteiger partial charge is 0.343 e. The number of ether oxygens (including phenoxy) is 2. The first-order valence-electron chi connectivity index (χ1n) is 8.51. The molecule has 2 aromatic carbocycles. The number of nitrogens with zero attached hydrogens (tertiary/aromatic N) is 1. The minimum absolute atomic E-state index is 0.0779. The molecule has 0 saturated carbocycles. The Morgan fingerprint density at radius 1 is 1.04 bits per heavy atom. The number of rotatable bonds is 5. The van der Waals surface area contributed by atoms with Crippen LogP contribution >= 0.6 is 0 Å². The van der Waals surface area contributed by atoms with Crippen LogP contribution in [0, 0.1) is 6.92 Å². The molecular formula is C21H25NO3. The molecule has 0 aliphatic rings. The van der Waals surface area contributed by atoms with Crippen LogP contribution in [0.3, 0.4) is 0 Å². The van der Waals surface area contributed by atoms with Crippen LogP contribution in [0.1, 0.15) is 25.1 Å². The Bertz CT molecular complexity index is 836. The van der Waals surface area contributed by atoms with Crippen molar-refractivity contribution in [1.82, 2.24) is 4.57 Å². The monoisotopic (exact) mass is 339 g/mol. The Morgan fingerprint density at radius 3 is 2.56 bits per heavy atom. The first kappa shape index (κ1) is 18.6. The third-order valence-corrected chi connectivity index (χ3v) is 3.84. The molecule has 3 aromatic rings. The largest absolute Gasteiger partial charge is 0.482 e. The molecule has 1 heterocycles. The predicted molar refractivity (Wildman–Crippen MR) is 101 cm³/mol. The highest BCUT2D eigenvalue weighted by molar-refractivity contribution is 5.81. The lowest BCUT2D eigenvalue weighted by Crippen LogP contribution is -2.12. The van der Waals surface area contributed by atoms with Gasteiger partial charge in [0.05, 0.1) is 7.11 Å². The topological polar surface area (TPSA) is 40.5 Å². The van der Waals surface area contributed by atoms with Gasteiger partial charge in [0.25, 0.3) is 0 Å². The van der Waals surface area contributed by atoms with E-state index in [1.54, 1.807) is 0 Å². The van der Waals surface area contributed by atoms with Gasteiger partial charge in [-0.2, -0.15) is 0 Å². The van der Waals surface area contributed by atoms with Crippen LogP contribution in [0.5, 0.6) is 5.75 Å².